The van der Waals surface area contributed by atoms with Crippen molar-refractivity contribution in [2.45, 2.75) is 166 Å². The molecule has 0 aromatic heterocycles. The molecule has 1 saturated carbocycles. The summed E-state index contributed by atoms with van der Waals surface area (Å²) < 4.78 is 17.7. The number of cyclic esters (lactones) is 1. The summed E-state index contributed by atoms with van der Waals surface area (Å²) in [5.74, 6) is -0.935. The van der Waals surface area contributed by atoms with Gasteiger partial charge in [-0.25, -0.2) is 4.79 Å². The molecule has 3 heterocycles. The Hall–Kier alpha value is -2.28. The van der Waals surface area contributed by atoms with E-state index in [1.54, 1.807) is 49.1 Å². The normalized spacial score (nSPS) is 35.5. The van der Waals surface area contributed by atoms with E-state index in [1.165, 1.54) is 38.5 Å². The SMILES string of the molecule is CC[C@H](O)[C@@H](C)[C@H]1O[C@@H]1C[C@@](C)(O)/C=C/C=C(\C)[C@@H]1OC(=O)C[C@H](O)CC[C@@](C)(O)[C@@H](OC(=O)N2CCN(C3CCCCCC3)CC2)/C=C/[C@@H]1C. The Morgan fingerprint density at radius 1 is 1.14 bits per heavy atom. The molecule has 0 radical (unpaired) electrons. The quantitative estimate of drug-likeness (QED) is 0.0794. The summed E-state index contributed by atoms with van der Waals surface area (Å²) in [7, 11) is 0. The van der Waals surface area contributed by atoms with Crippen LogP contribution in [0.4, 0.5) is 4.79 Å². The summed E-state index contributed by atoms with van der Waals surface area (Å²) in [6.07, 6.45) is 13.4. The highest BCUT2D eigenvalue weighted by Gasteiger charge is 2.47. The van der Waals surface area contributed by atoms with Gasteiger partial charge in [0.25, 0.3) is 0 Å². The molecule has 11 nitrogen and oxygen atoms in total. The number of epoxide rings is 1. The third-order valence-corrected chi connectivity index (χ3v) is 11.5. The molecule has 290 valence electrons. The summed E-state index contributed by atoms with van der Waals surface area (Å²) in [5.41, 5.74) is -1.92. The molecule has 2 saturated heterocycles. The van der Waals surface area contributed by atoms with Crippen LogP contribution >= 0.6 is 0 Å². The number of piperazine rings is 1. The van der Waals surface area contributed by atoms with Crippen LogP contribution in [-0.2, 0) is 19.0 Å². The zero-order chi connectivity index (χ0) is 37.3. The van der Waals surface area contributed by atoms with Crippen molar-refractivity contribution in [1.82, 2.24) is 9.80 Å². The van der Waals surface area contributed by atoms with Crippen LogP contribution < -0.4 is 0 Å². The van der Waals surface area contributed by atoms with Crippen molar-refractivity contribution in [3.63, 3.8) is 0 Å². The van der Waals surface area contributed by atoms with Crippen molar-refractivity contribution >= 4 is 12.1 Å². The second-order valence-corrected chi connectivity index (χ2v) is 16.2. The molecule has 3 aliphatic heterocycles. The standard InChI is InChI=1S/C40H66N2O9/c1-7-32(44)29(4)37-33(49-37)26-39(5,47)19-12-13-27(2)36-28(3)16-17-34(40(6,48)20-18-31(43)25-35(45)51-36)50-38(46)42-23-21-41(22-24-42)30-14-10-8-9-11-15-30/h12-13,16-17,19,28-34,36-37,43-44,47-48H,7-11,14-15,18,20-26H2,1-6H3/b17-16+,19-12+,27-13+/t28-,29+,31+,32-,33+,34-,36-,37+,39-,40+/m0/s1. The first-order chi connectivity index (χ1) is 24.1. The first-order valence-electron chi connectivity index (χ1n) is 19.5. The van der Waals surface area contributed by atoms with Gasteiger partial charge >= 0.3 is 12.1 Å². The van der Waals surface area contributed by atoms with Crippen LogP contribution in [-0.4, -0.2) is 122 Å². The van der Waals surface area contributed by atoms with Crippen LogP contribution in [0.15, 0.2) is 36.0 Å². The zero-order valence-corrected chi connectivity index (χ0v) is 31.9. The van der Waals surface area contributed by atoms with Gasteiger partial charge in [0.15, 0.2) is 6.10 Å². The van der Waals surface area contributed by atoms with E-state index >= 15 is 0 Å². The fourth-order valence-electron chi connectivity index (χ4n) is 7.88. The third kappa shape index (κ3) is 12.4. The van der Waals surface area contributed by atoms with Gasteiger partial charge in [0.2, 0.25) is 0 Å². The van der Waals surface area contributed by atoms with Gasteiger partial charge in [-0.2, -0.15) is 0 Å². The smallest absolute Gasteiger partial charge is 0.410 e. The van der Waals surface area contributed by atoms with Crippen molar-refractivity contribution in [2.24, 2.45) is 11.8 Å². The van der Waals surface area contributed by atoms with Gasteiger partial charge in [-0.1, -0.05) is 70.8 Å². The molecular weight excluding hydrogens is 652 g/mol. The maximum Gasteiger partial charge on any atom is 0.410 e. The van der Waals surface area contributed by atoms with Crippen molar-refractivity contribution in [3.8, 4) is 0 Å². The maximum absolute atomic E-state index is 13.5. The molecule has 0 spiro atoms. The first kappa shape index (κ1) is 41.5. The number of nitrogens with zero attached hydrogens (tertiary/aromatic N) is 2. The number of rotatable bonds is 10. The van der Waals surface area contributed by atoms with Gasteiger partial charge < -0.3 is 39.5 Å². The molecule has 11 heteroatoms. The number of ether oxygens (including phenoxy) is 3. The number of aliphatic hydroxyl groups excluding tert-OH is 2. The largest absolute Gasteiger partial charge is 0.457 e. The molecular formula is C40H66N2O9. The molecule has 1 aliphatic carbocycles. The predicted octanol–water partition coefficient (Wildman–Crippen LogP) is 5.05. The minimum atomic E-state index is -1.48. The Kier molecular flexibility index (Phi) is 15.2. The second kappa shape index (κ2) is 18.7. The first-order valence-corrected chi connectivity index (χ1v) is 19.5. The van der Waals surface area contributed by atoms with Crippen LogP contribution in [0.2, 0.25) is 0 Å². The lowest BCUT2D eigenvalue weighted by atomic mass is 9.88. The number of esters is 1. The number of amides is 1. The van der Waals surface area contributed by atoms with E-state index in [1.807, 2.05) is 27.7 Å². The number of aliphatic hydroxyl groups is 4. The topological polar surface area (TPSA) is 153 Å². The van der Waals surface area contributed by atoms with Gasteiger partial charge in [0, 0.05) is 50.5 Å². The van der Waals surface area contributed by atoms with E-state index < -0.39 is 47.7 Å². The lowest BCUT2D eigenvalue weighted by molar-refractivity contribution is -0.151. The van der Waals surface area contributed by atoms with Crippen LogP contribution in [0.3, 0.4) is 0 Å². The van der Waals surface area contributed by atoms with E-state index in [0.29, 0.717) is 37.5 Å². The summed E-state index contributed by atoms with van der Waals surface area (Å²) in [6.45, 7) is 13.7. The fourth-order valence-corrected chi connectivity index (χ4v) is 7.88. The van der Waals surface area contributed by atoms with Crippen LogP contribution in [0.25, 0.3) is 0 Å². The Morgan fingerprint density at radius 3 is 2.45 bits per heavy atom. The monoisotopic (exact) mass is 718 g/mol. The average Bonchev–Trinajstić information content (AvgIpc) is 3.89. The van der Waals surface area contributed by atoms with Crippen LogP contribution in [0.5, 0.6) is 0 Å². The average molecular weight is 719 g/mol. The molecule has 4 N–H and O–H groups in total. The van der Waals surface area contributed by atoms with Crippen LogP contribution in [0.1, 0.15) is 112 Å². The van der Waals surface area contributed by atoms with Crippen molar-refractivity contribution in [2.75, 3.05) is 26.2 Å². The van der Waals surface area contributed by atoms with Gasteiger partial charge in [-0.05, 0) is 64.5 Å². The highest BCUT2D eigenvalue weighted by molar-refractivity contribution is 5.70. The van der Waals surface area contributed by atoms with Crippen molar-refractivity contribution in [1.29, 1.82) is 0 Å². The number of carbonyl (C=O) groups excluding carboxylic acids is 2. The Labute approximate surface area is 305 Å². The number of carbonyl (C=O) groups is 2. The zero-order valence-electron chi connectivity index (χ0n) is 31.9. The van der Waals surface area contributed by atoms with Crippen molar-refractivity contribution < 1.29 is 44.2 Å². The molecule has 4 aliphatic rings. The summed E-state index contributed by atoms with van der Waals surface area (Å²) in [5, 5.41) is 43.4. The molecule has 4 rings (SSSR count). The molecule has 0 unspecified atom stereocenters. The van der Waals surface area contributed by atoms with E-state index in [-0.39, 0.29) is 43.3 Å². The molecule has 3 fully saturated rings. The van der Waals surface area contributed by atoms with Crippen molar-refractivity contribution in [3.05, 3.63) is 36.0 Å². The minimum absolute atomic E-state index is 0.0102. The summed E-state index contributed by atoms with van der Waals surface area (Å²) in [4.78, 5) is 30.6. The Balaban J connectivity index is 1.42. The molecule has 1 amide bonds. The van der Waals surface area contributed by atoms with E-state index in [9.17, 15) is 30.0 Å². The fraction of sp³-hybridized carbons (Fsp3) is 0.800. The lowest BCUT2D eigenvalue weighted by Gasteiger charge is -2.40. The minimum Gasteiger partial charge on any atom is -0.457 e. The third-order valence-electron chi connectivity index (χ3n) is 11.5. The van der Waals surface area contributed by atoms with Gasteiger partial charge in [-0.3, -0.25) is 9.69 Å². The molecule has 0 aromatic rings. The second-order valence-electron chi connectivity index (χ2n) is 16.2. The number of hydrogen-bond acceptors (Lipinski definition) is 10. The van der Waals surface area contributed by atoms with Gasteiger partial charge in [0.1, 0.15) is 11.7 Å². The summed E-state index contributed by atoms with van der Waals surface area (Å²) >= 11 is 0. The lowest BCUT2D eigenvalue weighted by Crippen LogP contribution is -2.53. The maximum atomic E-state index is 13.5. The Morgan fingerprint density at radius 2 is 1.80 bits per heavy atom. The molecule has 10 atom stereocenters. The highest BCUT2D eigenvalue weighted by atomic mass is 16.6. The van der Waals surface area contributed by atoms with Gasteiger partial charge in [0.05, 0.1) is 36.4 Å². The summed E-state index contributed by atoms with van der Waals surface area (Å²) in [6, 6.07) is 0.581. The van der Waals surface area contributed by atoms with E-state index in [2.05, 4.69) is 4.90 Å². The van der Waals surface area contributed by atoms with E-state index in [4.69, 9.17) is 14.2 Å². The van der Waals surface area contributed by atoms with Gasteiger partial charge in [-0.15, -0.1) is 0 Å². The van der Waals surface area contributed by atoms with Crippen LogP contribution in [0, 0.1) is 11.8 Å². The Bertz CT molecular complexity index is 1220. The molecule has 51 heavy (non-hydrogen) atoms. The van der Waals surface area contributed by atoms with E-state index in [0.717, 1.165) is 13.1 Å². The highest BCUT2D eigenvalue weighted by Crippen LogP contribution is 2.37. The number of hydrogen-bond donors (Lipinski definition) is 4. The number of allylic oxidation sites excluding steroid dienone is 2. The molecule has 0 aromatic carbocycles. The predicted molar refractivity (Wildman–Crippen MR) is 196 cm³/mol. The molecule has 0 bridgehead atoms.